The third-order valence-corrected chi connectivity index (χ3v) is 2.37. The average Bonchev–Trinajstić information content (AvgIpc) is 2.20. The molecule has 16 heavy (non-hydrogen) atoms. The maximum absolute atomic E-state index is 5.78. The van der Waals surface area contributed by atoms with Crippen LogP contribution >= 0.6 is 0 Å². The summed E-state index contributed by atoms with van der Waals surface area (Å²) in [7, 11) is -0.195. The Balaban J connectivity index is 4.40. The highest BCUT2D eigenvalue weighted by molar-refractivity contribution is 6.41. The smallest absolute Gasteiger partial charge is 0.397 e. The van der Waals surface area contributed by atoms with Crippen molar-refractivity contribution in [3.8, 4) is 0 Å². The topological polar surface area (TPSA) is 21.7 Å². The molecule has 0 N–H and O–H groups in total. The molecule has 0 aliphatic rings. The first kappa shape index (κ1) is 15.9. The van der Waals surface area contributed by atoms with Crippen molar-refractivity contribution in [1.29, 1.82) is 0 Å². The monoisotopic (exact) mass is 229 g/mol. The van der Waals surface area contributed by atoms with Gasteiger partial charge in [-0.1, -0.05) is 41.5 Å². The van der Waals surface area contributed by atoms with Gasteiger partial charge in [-0.2, -0.15) is 0 Å². The zero-order valence-corrected chi connectivity index (χ0v) is 11.8. The molecule has 0 saturated carbocycles. The summed E-state index contributed by atoms with van der Waals surface area (Å²) in [5.74, 6) is 0. The standard InChI is InChI=1S/C12H28BNO2/c1-7-9-15-13(16-10-8-2)14(11(3)4)12(5)6/h11-12H,7-10H2,1-6H3. The lowest BCUT2D eigenvalue weighted by atomic mass is 9.97. The van der Waals surface area contributed by atoms with Crippen molar-refractivity contribution in [2.75, 3.05) is 13.2 Å². The maximum atomic E-state index is 5.78. The van der Waals surface area contributed by atoms with Gasteiger partial charge in [0.1, 0.15) is 0 Å². The van der Waals surface area contributed by atoms with E-state index < -0.39 is 0 Å². The predicted molar refractivity (Wildman–Crippen MR) is 70.4 cm³/mol. The van der Waals surface area contributed by atoms with E-state index in [1.165, 1.54) is 0 Å². The van der Waals surface area contributed by atoms with Gasteiger partial charge in [-0.15, -0.1) is 0 Å². The largest absolute Gasteiger partial charge is 0.557 e. The van der Waals surface area contributed by atoms with Crippen LogP contribution in [0.1, 0.15) is 54.4 Å². The molecule has 96 valence electrons. The molecule has 0 spiro atoms. The Hall–Kier alpha value is -0.0551. The molecule has 0 amide bonds. The zero-order valence-electron chi connectivity index (χ0n) is 11.8. The molecule has 0 unspecified atom stereocenters. The fourth-order valence-electron chi connectivity index (χ4n) is 1.74. The van der Waals surface area contributed by atoms with Crippen molar-refractivity contribution >= 4 is 7.25 Å². The van der Waals surface area contributed by atoms with E-state index in [1.54, 1.807) is 0 Å². The van der Waals surface area contributed by atoms with E-state index in [0.29, 0.717) is 12.1 Å². The Bertz CT molecular complexity index is 149. The van der Waals surface area contributed by atoms with Crippen molar-refractivity contribution in [3.05, 3.63) is 0 Å². The first-order chi connectivity index (χ1) is 7.54. The first-order valence-corrected chi connectivity index (χ1v) is 6.55. The fourth-order valence-corrected chi connectivity index (χ4v) is 1.74. The normalized spacial score (nSPS) is 11.8. The van der Waals surface area contributed by atoms with Gasteiger partial charge in [0.25, 0.3) is 0 Å². The van der Waals surface area contributed by atoms with Gasteiger partial charge in [-0.25, -0.2) is 0 Å². The Morgan fingerprint density at radius 1 is 0.875 bits per heavy atom. The van der Waals surface area contributed by atoms with Gasteiger partial charge in [0, 0.05) is 13.2 Å². The van der Waals surface area contributed by atoms with Gasteiger partial charge in [0.05, 0.1) is 0 Å². The number of hydrogen-bond donors (Lipinski definition) is 0. The molecular weight excluding hydrogens is 201 g/mol. The molecule has 0 aromatic carbocycles. The maximum Gasteiger partial charge on any atom is 0.557 e. The van der Waals surface area contributed by atoms with Gasteiger partial charge in [-0.3, -0.25) is 4.81 Å². The van der Waals surface area contributed by atoms with Crippen molar-refractivity contribution in [2.24, 2.45) is 0 Å². The molecule has 0 radical (unpaired) electrons. The Morgan fingerprint density at radius 3 is 1.50 bits per heavy atom. The van der Waals surface area contributed by atoms with E-state index in [4.69, 9.17) is 9.31 Å². The van der Waals surface area contributed by atoms with Crippen molar-refractivity contribution in [3.63, 3.8) is 0 Å². The predicted octanol–water partition coefficient (Wildman–Crippen LogP) is 2.94. The van der Waals surface area contributed by atoms with Crippen LogP contribution in [0.5, 0.6) is 0 Å². The van der Waals surface area contributed by atoms with Crippen LogP contribution in [0.15, 0.2) is 0 Å². The Labute approximate surface area is 102 Å². The molecule has 0 saturated heterocycles. The SMILES string of the molecule is CCCOB(OCCC)N(C(C)C)C(C)C. The van der Waals surface area contributed by atoms with Crippen LogP contribution in [0.3, 0.4) is 0 Å². The molecule has 4 heteroatoms. The van der Waals surface area contributed by atoms with Gasteiger partial charge in [0.2, 0.25) is 0 Å². The molecule has 0 atom stereocenters. The highest BCUT2D eigenvalue weighted by atomic mass is 16.6. The Kier molecular flexibility index (Phi) is 8.99. The van der Waals surface area contributed by atoms with E-state index in [9.17, 15) is 0 Å². The number of rotatable bonds is 9. The molecule has 3 nitrogen and oxygen atoms in total. The second-order valence-corrected chi connectivity index (χ2v) is 4.68. The van der Waals surface area contributed by atoms with Crippen LogP contribution in [-0.4, -0.2) is 37.4 Å². The fraction of sp³-hybridized carbons (Fsp3) is 1.00. The molecule has 0 bridgehead atoms. The molecule has 0 rings (SSSR count). The van der Waals surface area contributed by atoms with Crippen molar-refractivity contribution in [1.82, 2.24) is 4.81 Å². The van der Waals surface area contributed by atoms with Gasteiger partial charge >= 0.3 is 7.25 Å². The average molecular weight is 229 g/mol. The summed E-state index contributed by atoms with van der Waals surface area (Å²) in [6.07, 6.45) is 2.05. The van der Waals surface area contributed by atoms with Crippen LogP contribution in [0.2, 0.25) is 0 Å². The van der Waals surface area contributed by atoms with E-state index >= 15 is 0 Å². The minimum atomic E-state index is -0.195. The third-order valence-electron chi connectivity index (χ3n) is 2.37. The molecular formula is C12H28BNO2. The van der Waals surface area contributed by atoms with E-state index in [0.717, 1.165) is 26.1 Å². The molecule has 0 aliphatic heterocycles. The molecule has 0 aromatic rings. The lowest BCUT2D eigenvalue weighted by Crippen LogP contribution is -2.52. The van der Waals surface area contributed by atoms with Crippen LogP contribution in [0.25, 0.3) is 0 Å². The molecule has 0 aliphatic carbocycles. The summed E-state index contributed by atoms with van der Waals surface area (Å²) in [6, 6.07) is 0.859. The van der Waals surface area contributed by atoms with Crippen LogP contribution in [0.4, 0.5) is 0 Å². The van der Waals surface area contributed by atoms with Gasteiger partial charge in [0.15, 0.2) is 0 Å². The third kappa shape index (κ3) is 5.87. The summed E-state index contributed by atoms with van der Waals surface area (Å²) in [5.41, 5.74) is 0. The number of hydrogen-bond acceptors (Lipinski definition) is 3. The zero-order chi connectivity index (χ0) is 12.6. The lowest BCUT2D eigenvalue weighted by molar-refractivity contribution is 0.115. The lowest BCUT2D eigenvalue weighted by Gasteiger charge is -2.34. The van der Waals surface area contributed by atoms with Gasteiger partial charge < -0.3 is 9.31 Å². The summed E-state index contributed by atoms with van der Waals surface area (Å²) in [4.78, 5) is 2.27. The summed E-state index contributed by atoms with van der Waals surface area (Å²) < 4.78 is 11.6. The van der Waals surface area contributed by atoms with E-state index in [-0.39, 0.29) is 7.25 Å². The minimum Gasteiger partial charge on any atom is -0.397 e. The van der Waals surface area contributed by atoms with Crippen molar-refractivity contribution < 1.29 is 9.31 Å². The quantitative estimate of drug-likeness (QED) is 0.567. The number of nitrogens with zero attached hydrogens (tertiary/aromatic N) is 1. The van der Waals surface area contributed by atoms with Crippen LogP contribution < -0.4 is 0 Å². The van der Waals surface area contributed by atoms with Crippen LogP contribution in [-0.2, 0) is 9.31 Å². The van der Waals surface area contributed by atoms with Gasteiger partial charge in [-0.05, 0) is 24.9 Å². The minimum absolute atomic E-state index is 0.195. The molecule has 0 heterocycles. The second kappa shape index (κ2) is 9.02. The van der Waals surface area contributed by atoms with Crippen LogP contribution in [0, 0.1) is 0 Å². The molecule has 0 fully saturated rings. The molecule has 0 aromatic heterocycles. The second-order valence-electron chi connectivity index (χ2n) is 4.68. The first-order valence-electron chi connectivity index (χ1n) is 6.55. The summed E-state index contributed by atoms with van der Waals surface area (Å²) in [6.45, 7) is 14.5. The van der Waals surface area contributed by atoms with E-state index in [1.807, 2.05) is 0 Å². The highest BCUT2D eigenvalue weighted by Crippen LogP contribution is 2.11. The van der Waals surface area contributed by atoms with Crippen molar-refractivity contribution in [2.45, 2.75) is 66.5 Å². The summed E-state index contributed by atoms with van der Waals surface area (Å²) >= 11 is 0. The van der Waals surface area contributed by atoms with E-state index in [2.05, 4.69) is 46.4 Å². The Morgan fingerprint density at radius 2 is 1.25 bits per heavy atom. The summed E-state index contributed by atoms with van der Waals surface area (Å²) in [5, 5.41) is 0. The highest BCUT2D eigenvalue weighted by Gasteiger charge is 2.32.